The quantitative estimate of drug-likeness (QED) is 0.822. The summed E-state index contributed by atoms with van der Waals surface area (Å²) in [5.41, 5.74) is 7.67. The molecule has 0 spiro atoms. The van der Waals surface area contributed by atoms with E-state index in [2.05, 4.69) is 23.7 Å². The Morgan fingerprint density at radius 2 is 2.06 bits per heavy atom. The van der Waals surface area contributed by atoms with Gasteiger partial charge in [0.1, 0.15) is 4.99 Å². The molecule has 1 saturated carbocycles. The summed E-state index contributed by atoms with van der Waals surface area (Å²) < 4.78 is 0. The molecule has 0 saturated heterocycles. The first-order valence-electron chi connectivity index (χ1n) is 5.90. The van der Waals surface area contributed by atoms with Crippen molar-refractivity contribution < 1.29 is 0 Å². The third-order valence-electron chi connectivity index (χ3n) is 3.28. The van der Waals surface area contributed by atoms with Crippen molar-refractivity contribution >= 4 is 34.7 Å². The highest BCUT2D eigenvalue weighted by Gasteiger charge is 2.25. The molecule has 1 fully saturated rings. The van der Waals surface area contributed by atoms with E-state index in [1.165, 1.54) is 19.3 Å². The largest absolute Gasteiger partial charge is 0.389 e. The summed E-state index contributed by atoms with van der Waals surface area (Å²) in [5.74, 6) is 0. The standard InChI is InChI=1S/C13H18N2S2/c1-17-12-4-2-3-11(12)15-10-7-5-9(6-8-10)13(14)16/h5-8,11-12,15H,2-4H2,1H3,(H2,14,16). The molecule has 3 N–H and O–H groups in total. The molecule has 0 aromatic heterocycles. The van der Waals surface area contributed by atoms with E-state index in [1.807, 2.05) is 23.9 Å². The second kappa shape index (κ2) is 5.74. The van der Waals surface area contributed by atoms with Gasteiger partial charge < -0.3 is 11.1 Å². The first-order valence-corrected chi connectivity index (χ1v) is 7.59. The van der Waals surface area contributed by atoms with Crippen LogP contribution >= 0.6 is 24.0 Å². The number of thiocarbonyl (C=S) groups is 1. The molecule has 1 aromatic rings. The average molecular weight is 266 g/mol. The van der Waals surface area contributed by atoms with E-state index < -0.39 is 0 Å². The highest BCUT2D eigenvalue weighted by atomic mass is 32.2. The Morgan fingerprint density at radius 1 is 1.35 bits per heavy atom. The van der Waals surface area contributed by atoms with Crippen molar-refractivity contribution in [1.82, 2.24) is 0 Å². The summed E-state index contributed by atoms with van der Waals surface area (Å²) in [6.45, 7) is 0. The third kappa shape index (κ3) is 3.13. The highest BCUT2D eigenvalue weighted by Crippen LogP contribution is 2.30. The summed E-state index contributed by atoms with van der Waals surface area (Å²) in [6, 6.07) is 8.68. The van der Waals surface area contributed by atoms with Gasteiger partial charge in [-0.2, -0.15) is 11.8 Å². The molecule has 0 amide bonds. The van der Waals surface area contributed by atoms with Gasteiger partial charge in [-0.3, -0.25) is 0 Å². The molecular formula is C13H18N2S2. The van der Waals surface area contributed by atoms with Crippen molar-refractivity contribution in [3.63, 3.8) is 0 Å². The minimum atomic E-state index is 0.458. The molecular weight excluding hydrogens is 248 g/mol. The molecule has 2 rings (SSSR count). The van der Waals surface area contributed by atoms with Crippen LogP contribution in [0.1, 0.15) is 24.8 Å². The Balaban J connectivity index is 2.01. The predicted molar refractivity (Wildman–Crippen MR) is 80.9 cm³/mol. The molecule has 1 aliphatic rings. The molecule has 1 aromatic carbocycles. The van der Waals surface area contributed by atoms with Crippen molar-refractivity contribution in [2.75, 3.05) is 11.6 Å². The van der Waals surface area contributed by atoms with Crippen molar-refractivity contribution in [3.8, 4) is 0 Å². The van der Waals surface area contributed by atoms with E-state index in [4.69, 9.17) is 18.0 Å². The van der Waals surface area contributed by atoms with Crippen LogP contribution in [0.3, 0.4) is 0 Å². The summed E-state index contributed by atoms with van der Waals surface area (Å²) in [7, 11) is 0. The monoisotopic (exact) mass is 266 g/mol. The zero-order chi connectivity index (χ0) is 12.3. The van der Waals surface area contributed by atoms with Gasteiger partial charge in [-0.15, -0.1) is 0 Å². The first kappa shape index (κ1) is 12.7. The highest BCUT2D eigenvalue weighted by molar-refractivity contribution is 7.99. The van der Waals surface area contributed by atoms with E-state index in [0.29, 0.717) is 11.0 Å². The molecule has 92 valence electrons. The third-order valence-corrected chi connectivity index (χ3v) is 4.68. The lowest BCUT2D eigenvalue weighted by Gasteiger charge is -2.20. The van der Waals surface area contributed by atoms with E-state index in [9.17, 15) is 0 Å². The molecule has 1 aliphatic carbocycles. The van der Waals surface area contributed by atoms with Gasteiger partial charge in [0, 0.05) is 22.5 Å². The first-order chi connectivity index (χ1) is 8.20. The molecule has 4 heteroatoms. The minimum Gasteiger partial charge on any atom is -0.389 e. The molecule has 0 radical (unpaired) electrons. The Morgan fingerprint density at radius 3 is 2.65 bits per heavy atom. The van der Waals surface area contributed by atoms with Crippen LogP contribution in [0.15, 0.2) is 24.3 Å². The molecule has 17 heavy (non-hydrogen) atoms. The normalized spacial score (nSPS) is 23.6. The van der Waals surface area contributed by atoms with Crippen LogP contribution in [-0.2, 0) is 0 Å². The molecule has 2 unspecified atom stereocenters. The topological polar surface area (TPSA) is 38.0 Å². The van der Waals surface area contributed by atoms with Crippen molar-refractivity contribution in [1.29, 1.82) is 0 Å². The number of hydrogen-bond acceptors (Lipinski definition) is 3. The van der Waals surface area contributed by atoms with Crippen LogP contribution in [0, 0.1) is 0 Å². The smallest absolute Gasteiger partial charge is 0.103 e. The lowest BCUT2D eigenvalue weighted by Crippen LogP contribution is -2.25. The van der Waals surface area contributed by atoms with Crippen LogP contribution in [0.5, 0.6) is 0 Å². The van der Waals surface area contributed by atoms with Gasteiger partial charge in [-0.1, -0.05) is 18.6 Å². The fourth-order valence-electron chi connectivity index (χ4n) is 2.32. The van der Waals surface area contributed by atoms with E-state index in [-0.39, 0.29) is 0 Å². The number of nitrogens with one attached hydrogen (secondary N) is 1. The zero-order valence-corrected chi connectivity index (χ0v) is 11.6. The van der Waals surface area contributed by atoms with E-state index >= 15 is 0 Å². The average Bonchev–Trinajstić information content (AvgIpc) is 2.77. The van der Waals surface area contributed by atoms with Crippen LogP contribution in [0.25, 0.3) is 0 Å². The fraction of sp³-hybridized carbons (Fsp3) is 0.462. The molecule has 2 nitrogen and oxygen atoms in total. The number of nitrogens with two attached hydrogens (primary N) is 1. The lowest BCUT2D eigenvalue weighted by atomic mass is 10.2. The van der Waals surface area contributed by atoms with Gasteiger partial charge in [0.2, 0.25) is 0 Å². The second-order valence-electron chi connectivity index (χ2n) is 4.40. The Bertz CT molecular complexity index is 389. The zero-order valence-electron chi connectivity index (χ0n) is 9.98. The van der Waals surface area contributed by atoms with Crippen LogP contribution in [-0.4, -0.2) is 22.5 Å². The van der Waals surface area contributed by atoms with Gasteiger partial charge in [0.25, 0.3) is 0 Å². The predicted octanol–water partition coefficient (Wildman–Crippen LogP) is 3.02. The van der Waals surface area contributed by atoms with Crippen molar-refractivity contribution in [2.45, 2.75) is 30.6 Å². The maximum absolute atomic E-state index is 5.58. The summed E-state index contributed by atoms with van der Waals surface area (Å²) in [6.07, 6.45) is 6.11. The van der Waals surface area contributed by atoms with Crippen LogP contribution < -0.4 is 11.1 Å². The number of anilines is 1. The summed E-state index contributed by atoms with van der Waals surface area (Å²) >= 11 is 6.90. The second-order valence-corrected chi connectivity index (χ2v) is 5.91. The SMILES string of the molecule is CSC1CCCC1Nc1ccc(C(N)=S)cc1. The fourth-order valence-corrected chi connectivity index (χ4v) is 3.39. The van der Waals surface area contributed by atoms with Gasteiger partial charge in [-0.05, 0) is 43.4 Å². The summed E-state index contributed by atoms with van der Waals surface area (Å²) in [4.78, 5) is 0.458. The van der Waals surface area contributed by atoms with Gasteiger partial charge in [0.05, 0.1) is 0 Å². The van der Waals surface area contributed by atoms with Crippen LogP contribution in [0.2, 0.25) is 0 Å². The maximum Gasteiger partial charge on any atom is 0.103 e. The van der Waals surface area contributed by atoms with Gasteiger partial charge >= 0.3 is 0 Å². The maximum atomic E-state index is 5.58. The molecule has 2 atom stereocenters. The summed E-state index contributed by atoms with van der Waals surface area (Å²) in [5, 5.41) is 4.34. The lowest BCUT2D eigenvalue weighted by molar-refractivity contribution is 0.769. The van der Waals surface area contributed by atoms with Crippen LogP contribution in [0.4, 0.5) is 5.69 Å². The van der Waals surface area contributed by atoms with E-state index in [1.54, 1.807) is 0 Å². The number of rotatable bonds is 4. The van der Waals surface area contributed by atoms with Crippen molar-refractivity contribution in [3.05, 3.63) is 29.8 Å². The van der Waals surface area contributed by atoms with E-state index in [0.717, 1.165) is 16.5 Å². The number of benzene rings is 1. The number of thioether (sulfide) groups is 1. The number of hydrogen-bond donors (Lipinski definition) is 2. The van der Waals surface area contributed by atoms with Crippen molar-refractivity contribution in [2.24, 2.45) is 5.73 Å². The minimum absolute atomic E-state index is 0.458. The molecule has 0 aliphatic heterocycles. The Kier molecular flexibility index (Phi) is 4.29. The Hall–Kier alpha value is -0.740. The van der Waals surface area contributed by atoms with Gasteiger partial charge in [-0.25, -0.2) is 0 Å². The Labute approximate surface area is 112 Å². The van der Waals surface area contributed by atoms with Gasteiger partial charge in [0.15, 0.2) is 0 Å². The molecule has 0 heterocycles. The molecule has 0 bridgehead atoms.